The maximum absolute atomic E-state index is 11.9. The van der Waals surface area contributed by atoms with E-state index >= 15 is 0 Å². The van der Waals surface area contributed by atoms with E-state index in [1.165, 1.54) is 18.9 Å². The average molecular weight is 317 g/mol. The van der Waals surface area contributed by atoms with Crippen LogP contribution < -0.4 is 10.6 Å². The summed E-state index contributed by atoms with van der Waals surface area (Å²) in [5.74, 6) is 0.259. The van der Waals surface area contributed by atoms with Gasteiger partial charge in [0.15, 0.2) is 0 Å². The van der Waals surface area contributed by atoms with Crippen molar-refractivity contribution in [2.75, 3.05) is 25.0 Å². The van der Waals surface area contributed by atoms with Crippen molar-refractivity contribution >= 4 is 17.5 Å². The zero-order chi connectivity index (χ0) is 16.5. The summed E-state index contributed by atoms with van der Waals surface area (Å²) in [5, 5.41) is 6.16. The Kier molecular flexibility index (Phi) is 7.07. The van der Waals surface area contributed by atoms with Gasteiger partial charge in [-0.25, -0.2) is 0 Å². The molecule has 0 aliphatic carbocycles. The topological polar surface area (TPSA) is 61.4 Å². The van der Waals surface area contributed by atoms with Gasteiger partial charge in [0.1, 0.15) is 0 Å². The fourth-order valence-corrected chi connectivity index (χ4v) is 2.81. The number of benzene rings is 1. The Morgan fingerprint density at radius 2 is 1.96 bits per heavy atom. The van der Waals surface area contributed by atoms with Crippen LogP contribution in [0.25, 0.3) is 0 Å². The molecule has 0 spiro atoms. The quantitative estimate of drug-likeness (QED) is 0.760. The molecular weight excluding hydrogens is 290 g/mol. The Balaban J connectivity index is 1.63. The summed E-state index contributed by atoms with van der Waals surface area (Å²) in [6.07, 6.45) is 5.06. The molecule has 1 aromatic carbocycles. The van der Waals surface area contributed by atoms with Crippen LogP contribution in [0.15, 0.2) is 24.3 Å². The van der Waals surface area contributed by atoms with Crippen LogP contribution in [-0.4, -0.2) is 36.3 Å². The van der Waals surface area contributed by atoms with Gasteiger partial charge >= 0.3 is 0 Å². The SMILES string of the molecule is CC(=O)Nc1ccc(CNCCCN2CCCCCC2=O)cc1. The van der Waals surface area contributed by atoms with E-state index in [0.29, 0.717) is 12.3 Å². The third kappa shape index (κ3) is 6.40. The molecule has 5 heteroatoms. The molecule has 126 valence electrons. The van der Waals surface area contributed by atoms with Gasteiger partial charge in [0.05, 0.1) is 0 Å². The van der Waals surface area contributed by atoms with Gasteiger partial charge in [-0.05, 0) is 43.5 Å². The first-order valence-corrected chi connectivity index (χ1v) is 8.50. The highest BCUT2D eigenvalue weighted by Crippen LogP contribution is 2.11. The maximum atomic E-state index is 11.9. The Hall–Kier alpha value is -1.88. The van der Waals surface area contributed by atoms with Crippen LogP contribution in [0.1, 0.15) is 44.6 Å². The summed E-state index contributed by atoms with van der Waals surface area (Å²) in [6, 6.07) is 7.84. The molecule has 1 aromatic rings. The van der Waals surface area contributed by atoms with Crippen LogP contribution in [0.3, 0.4) is 0 Å². The number of carbonyl (C=O) groups is 2. The molecule has 0 atom stereocenters. The molecule has 1 aliphatic heterocycles. The molecule has 2 amide bonds. The molecule has 0 saturated carbocycles. The van der Waals surface area contributed by atoms with E-state index < -0.39 is 0 Å². The normalized spacial score (nSPS) is 15.3. The Labute approximate surface area is 138 Å². The summed E-state index contributed by atoms with van der Waals surface area (Å²) in [5.41, 5.74) is 2.01. The lowest BCUT2D eigenvalue weighted by atomic mass is 10.2. The highest BCUT2D eigenvalue weighted by molar-refractivity contribution is 5.88. The molecule has 1 aliphatic rings. The Bertz CT molecular complexity index is 514. The molecule has 23 heavy (non-hydrogen) atoms. The van der Waals surface area contributed by atoms with E-state index in [1.54, 1.807) is 0 Å². The van der Waals surface area contributed by atoms with Crippen molar-refractivity contribution in [3.63, 3.8) is 0 Å². The van der Waals surface area contributed by atoms with Crippen molar-refractivity contribution in [3.05, 3.63) is 29.8 Å². The summed E-state index contributed by atoms with van der Waals surface area (Å²) in [6.45, 7) is 4.98. The number of amides is 2. The van der Waals surface area contributed by atoms with Crippen molar-refractivity contribution in [2.24, 2.45) is 0 Å². The summed E-state index contributed by atoms with van der Waals surface area (Å²) in [7, 11) is 0. The van der Waals surface area contributed by atoms with Crippen molar-refractivity contribution in [2.45, 2.75) is 45.6 Å². The fraction of sp³-hybridized carbons (Fsp3) is 0.556. The second-order valence-electron chi connectivity index (χ2n) is 6.10. The molecule has 0 bridgehead atoms. The predicted octanol–water partition coefficient (Wildman–Crippen LogP) is 2.53. The standard InChI is InChI=1S/C18H27N3O2/c1-15(22)20-17-9-7-16(8-10-17)14-19-11-5-13-21-12-4-2-3-6-18(21)23/h7-10,19H,2-6,11-14H2,1H3,(H,20,22). The first-order valence-electron chi connectivity index (χ1n) is 8.50. The molecule has 1 saturated heterocycles. The summed E-state index contributed by atoms with van der Waals surface area (Å²) >= 11 is 0. The molecular formula is C18H27N3O2. The molecule has 2 rings (SSSR count). The van der Waals surface area contributed by atoms with Crippen LogP contribution in [0.5, 0.6) is 0 Å². The number of rotatable bonds is 7. The number of nitrogens with zero attached hydrogens (tertiary/aromatic N) is 1. The van der Waals surface area contributed by atoms with Gasteiger partial charge in [0.25, 0.3) is 0 Å². The lowest BCUT2D eigenvalue weighted by Gasteiger charge is -2.20. The highest BCUT2D eigenvalue weighted by atomic mass is 16.2. The number of anilines is 1. The molecule has 0 unspecified atom stereocenters. The Morgan fingerprint density at radius 3 is 2.70 bits per heavy atom. The lowest BCUT2D eigenvalue weighted by molar-refractivity contribution is -0.130. The van der Waals surface area contributed by atoms with E-state index in [2.05, 4.69) is 10.6 Å². The van der Waals surface area contributed by atoms with Crippen LogP contribution in [-0.2, 0) is 16.1 Å². The first-order chi connectivity index (χ1) is 11.1. The van der Waals surface area contributed by atoms with E-state index in [1.807, 2.05) is 29.2 Å². The third-order valence-electron chi connectivity index (χ3n) is 4.06. The number of hydrogen-bond acceptors (Lipinski definition) is 3. The van der Waals surface area contributed by atoms with Crippen molar-refractivity contribution in [1.82, 2.24) is 10.2 Å². The smallest absolute Gasteiger partial charge is 0.222 e. The molecule has 0 radical (unpaired) electrons. The third-order valence-corrected chi connectivity index (χ3v) is 4.06. The molecule has 0 aromatic heterocycles. The number of nitrogens with one attached hydrogen (secondary N) is 2. The van der Waals surface area contributed by atoms with Gasteiger partial charge in [-0.3, -0.25) is 9.59 Å². The van der Waals surface area contributed by atoms with Crippen LogP contribution in [0, 0.1) is 0 Å². The van der Waals surface area contributed by atoms with E-state index in [4.69, 9.17) is 0 Å². The zero-order valence-electron chi connectivity index (χ0n) is 13.9. The Morgan fingerprint density at radius 1 is 1.17 bits per heavy atom. The second-order valence-corrected chi connectivity index (χ2v) is 6.10. The van der Waals surface area contributed by atoms with Crippen molar-refractivity contribution in [1.29, 1.82) is 0 Å². The molecule has 2 N–H and O–H groups in total. The van der Waals surface area contributed by atoms with Gasteiger partial charge in [-0.2, -0.15) is 0 Å². The van der Waals surface area contributed by atoms with Gasteiger partial charge in [-0.1, -0.05) is 18.6 Å². The van der Waals surface area contributed by atoms with Crippen LogP contribution in [0.2, 0.25) is 0 Å². The van der Waals surface area contributed by atoms with Gasteiger partial charge in [0.2, 0.25) is 11.8 Å². The predicted molar refractivity (Wildman–Crippen MR) is 92.1 cm³/mol. The summed E-state index contributed by atoms with van der Waals surface area (Å²) < 4.78 is 0. The largest absolute Gasteiger partial charge is 0.343 e. The van der Waals surface area contributed by atoms with Gasteiger partial charge in [-0.15, -0.1) is 0 Å². The van der Waals surface area contributed by atoms with Crippen molar-refractivity contribution < 1.29 is 9.59 Å². The van der Waals surface area contributed by atoms with Crippen LogP contribution in [0.4, 0.5) is 5.69 Å². The maximum Gasteiger partial charge on any atom is 0.222 e. The van der Waals surface area contributed by atoms with Crippen molar-refractivity contribution in [3.8, 4) is 0 Å². The average Bonchev–Trinajstić information content (AvgIpc) is 2.73. The fourth-order valence-electron chi connectivity index (χ4n) is 2.81. The monoisotopic (exact) mass is 317 g/mol. The van der Waals surface area contributed by atoms with Crippen LogP contribution >= 0.6 is 0 Å². The number of likely N-dealkylation sites (tertiary alicyclic amines) is 1. The minimum Gasteiger partial charge on any atom is -0.343 e. The zero-order valence-corrected chi connectivity index (χ0v) is 13.9. The minimum absolute atomic E-state index is 0.0565. The minimum atomic E-state index is -0.0565. The number of carbonyl (C=O) groups excluding carboxylic acids is 2. The summed E-state index contributed by atoms with van der Waals surface area (Å²) in [4.78, 5) is 24.9. The van der Waals surface area contributed by atoms with E-state index in [0.717, 1.165) is 51.1 Å². The van der Waals surface area contributed by atoms with Gasteiger partial charge < -0.3 is 15.5 Å². The van der Waals surface area contributed by atoms with E-state index in [9.17, 15) is 9.59 Å². The van der Waals surface area contributed by atoms with Gasteiger partial charge in [0, 0.05) is 38.7 Å². The first kappa shape index (κ1) is 17.5. The molecule has 1 fully saturated rings. The molecule has 1 heterocycles. The second kappa shape index (κ2) is 9.30. The molecule has 5 nitrogen and oxygen atoms in total. The highest BCUT2D eigenvalue weighted by Gasteiger charge is 2.15. The van der Waals surface area contributed by atoms with E-state index in [-0.39, 0.29) is 5.91 Å². The number of hydrogen-bond donors (Lipinski definition) is 2. The lowest BCUT2D eigenvalue weighted by Crippen LogP contribution is -2.32.